The van der Waals surface area contributed by atoms with Crippen molar-refractivity contribution in [2.24, 2.45) is 54.1 Å². The number of ether oxygens (including phenoxy) is 6. The largest absolute Gasteiger partial charge is 0.465 e. The standard InChI is InChI=1S/2C11H20O2.2C10H20O2.2C9H19NO.2C8H16O2.8CH4/c2*1-11(2,3)10(12)13-9-7-5-4-6-8-9;2*1-9(2,3)7-12-8(11)10(4,5)6;2*1-8(2,3)7(11)10-9(4,5)6;2*1-6(2)10-7(9)8(3,4)5;;;;;;;;/h2*9H,4-8H2,1-3H3;2*7H2,1-6H3;2*1-6H3,(H,10,11);2*6H,1-5H3;8*1H4. The van der Waals surface area contributed by atoms with Gasteiger partial charge in [-0.1, -0.05) is 155 Å². The van der Waals surface area contributed by atoms with Crippen LogP contribution >= 0.6 is 0 Å². The maximum Gasteiger partial charge on any atom is 0.311 e. The van der Waals surface area contributed by atoms with Crippen LogP contribution < -0.4 is 10.6 Å². The quantitative estimate of drug-likeness (QED) is 0.187. The Labute approximate surface area is 625 Å². The maximum atomic E-state index is 11.5. The Balaban J connectivity index is -0.0000000698. The Kier molecular flexibility index (Phi) is 70.0. The van der Waals surface area contributed by atoms with Gasteiger partial charge in [0, 0.05) is 21.9 Å². The molecule has 0 bridgehead atoms. The molecule has 0 aromatic carbocycles. The van der Waals surface area contributed by atoms with Crippen molar-refractivity contribution < 1.29 is 66.8 Å². The molecule has 0 aliphatic heterocycles. The van der Waals surface area contributed by atoms with E-state index in [1.165, 1.54) is 38.5 Å². The predicted molar refractivity (Wildman–Crippen MR) is 434 cm³/mol. The average molecular weight is 1440 g/mol. The Morgan fingerprint density at radius 2 is 0.460 bits per heavy atom. The molecule has 0 atom stereocenters. The number of carbonyl (C=O) groups is 8. The van der Waals surface area contributed by atoms with Gasteiger partial charge >= 0.3 is 35.8 Å². The summed E-state index contributed by atoms with van der Waals surface area (Å²) in [5.41, 5.74) is -2.91. The van der Waals surface area contributed by atoms with Gasteiger partial charge in [0.25, 0.3) is 0 Å². The second-order valence-electron chi connectivity index (χ2n) is 37.9. The van der Waals surface area contributed by atoms with Crippen LogP contribution in [0, 0.1) is 54.1 Å². The van der Waals surface area contributed by atoms with E-state index < -0.39 is 0 Å². The molecule has 0 heterocycles. The fourth-order valence-electron chi connectivity index (χ4n) is 5.86. The zero-order valence-corrected chi connectivity index (χ0v) is 67.5. The van der Waals surface area contributed by atoms with Gasteiger partial charge in [0.1, 0.15) is 12.2 Å². The van der Waals surface area contributed by atoms with E-state index in [1.807, 2.05) is 277 Å². The van der Waals surface area contributed by atoms with Crippen LogP contribution in [-0.4, -0.2) is 96.3 Å². The summed E-state index contributed by atoms with van der Waals surface area (Å²) >= 11 is 0. The first-order valence-corrected chi connectivity index (χ1v) is 34.0. The van der Waals surface area contributed by atoms with Crippen molar-refractivity contribution in [3.63, 3.8) is 0 Å². The van der Waals surface area contributed by atoms with Gasteiger partial charge in [-0.2, -0.15) is 0 Å². The summed E-state index contributed by atoms with van der Waals surface area (Å²) in [6.07, 6.45) is 12.0. The van der Waals surface area contributed by atoms with Crippen molar-refractivity contribution in [1.29, 1.82) is 0 Å². The highest BCUT2D eigenvalue weighted by atomic mass is 16.6. The lowest BCUT2D eigenvalue weighted by molar-refractivity contribution is -0.160. The molecular weight excluding hydrogens is 1260 g/mol. The second-order valence-corrected chi connectivity index (χ2v) is 37.9. The van der Waals surface area contributed by atoms with Gasteiger partial charge in [0.2, 0.25) is 11.8 Å². The Bertz CT molecular complexity index is 1960. The molecule has 2 aliphatic carbocycles. The van der Waals surface area contributed by atoms with E-state index in [2.05, 4.69) is 10.6 Å². The number of nitrogens with one attached hydrogen (secondary N) is 2. The van der Waals surface area contributed by atoms with Crippen LogP contribution in [-0.2, 0) is 66.8 Å². The summed E-state index contributed by atoms with van der Waals surface area (Å²) < 4.78 is 31.0. The molecule has 16 heteroatoms. The zero-order valence-electron chi connectivity index (χ0n) is 67.5. The van der Waals surface area contributed by atoms with Crippen LogP contribution in [0.3, 0.4) is 0 Å². The highest BCUT2D eigenvalue weighted by Gasteiger charge is 2.31. The molecule has 0 spiro atoms. The molecule has 0 radical (unpaired) electrons. The lowest BCUT2D eigenvalue weighted by Crippen LogP contribution is -2.46. The third-order valence-electron chi connectivity index (χ3n) is 11.6. The first-order valence-electron chi connectivity index (χ1n) is 34.0. The fourth-order valence-corrected chi connectivity index (χ4v) is 5.86. The highest BCUT2D eigenvalue weighted by molar-refractivity contribution is 5.82. The maximum absolute atomic E-state index is 11.5. The number of hydrogen-bond donors (Lipinski definition) is 2. The predicted octanol–water partition coefficient (Wildman–Crippen LogP) is 24.0. The summed E-state index contributed by atoms with van der Waals surface area (Å²) in [5, 5.41) is 5.84. The molecule has 2 aliphatic rings. The average Bonchev–Trinajstić information content (AvgIpc) is 0.921. The van der Waals surface area contributed by atoms with E-state index in [1.54, 1.807) is 0 Å². The molecule has 0 aromatic rings. The first kappa shape index (κ1) is 129. The molecule has 2 fully saturated rings. The number of carbonyl (C=O) groups excluding carboxylic acids is 8. The summed E-state index contributed by atoms with van der Waals surface area (Å²) in [4.78, 5) is 90.4. The van der Waals surface area contributed by atoms with Gasteiger partial charge in [-0.25, -0.2) is 0 Å². The Hall–Kier alpha value is -4.24. The number of hydrogen-bond acceptors (Lipinski definition) is 14. The molecule has 612 valence electrons. The molecule has 2 N–H and O–H groups in total. The van der Waals surface area contributed by atoms with Crippen molar-refractivity contribution in [2.75, 3.05) is 13.2 Å². The lowest BCUT2D eigenvalue weighted by atomic mass is 9.94. The van der Waals surface area contributed by atoms with Crippen LogP contribution in [0.1, 0.15) is 401 Å². The van der Waals surface area contributed by atoms with Crippen LogP contribution in [0.2, 0.25) is 0 Å². The highest BCUT2D eigenvalue weighted by Crippen LogP contribution is 2.27. The van der Waals surface area contributed by atoms with E-state index in [4.69, 9.17) is 28.4 Å². The van der Waals surface area contributed by atoms with Crippen LogP contribution in [0.15, 0.2) is 0 Å². The van der Waals surface area contributed by atoms with Crippen molar-refractivity contribution in [2.45, 2.75) is 436 Å². The molecular formula is C84H182N2O14. The number of rotatable bonds is 6. The van der Waals surface area contributed by atoms with Crippen molar-refractivity contribution in [3.8, 4) is 0 Å². The fraction of sp³-hybridized carbons (Fsp3) is 0.905. The third-order valence-corrected chi connectivity index (χ3v) is 11.6. The second kappa shape index (κ2) is 54.4. The van der Waals surface area contributed by atoms with Crippen LogP contribution in [0.25, 0.3) is 0 Å². The van der Waals surface area contributed by atoms with Gasteiger partial charge < -0.3 is 39.1 Å². The Morgan fingerprint density at radius 3 is 0.570 bits per heavy atom. The normalized spacial score (nSPS) is 13.5. The minimum Gasteiger partial charge on any atom is -0.465 e. The molecule has 2 rings (SSSR count). The van der Waals surface area contributed by atoms with Crippen molar-refractivity contribution in [3.05, 3.63) is 0 Å². The van der Waals surface area contributed by atoms with Gasteiger partial charge in [-0.05, 0) is 256 Å². The van der Waals surface area contributed by atoms with Crippen molar-refractivity contribution >= 4 is 47.6 Å². The first-order chi connectivity index (χ1) is 40.2. The van der Waals surface area contributed by atoms with E-state index >= 15 is 0 Å². The molecule has 16 nitrogen and oxygen atoms in total. The summed E-state index contributed by atoms with van der Waals surface area (Å²) in [6, 6.07) is 0. The SMILES string of the molecule is C.C.C.C.C.C.C.C.CC(C)(C)C(=O)OC1CCCCC1.CC(C)(C)C(=O)OC1CCCCC1.CC(C)(C)COC(=O)C(C)(C)C.CC(C)(C)COC(=O)C(C)(C)C.CC(C)(C)NC(=O)C(C)(C)C.CC(C)(C)NC(=O)C(C)(C)C.CC(C)OC(=O)C(C)(C)C.CC(C)OC(=O)C(C)(C)C. The molecule has 0 unspecified atom stereocenters. The Morgan fingerprint density at radius 1 is 0.280 bits per heavy atom. The van der Waals surface area contributed by atoms with Crippen LogP contribution in [0.5, 0.6) is 0 Å². The van der Waals surface area contributed by atoms with Gasteiger partial charge in [-0.3, -0.25) is 38.4 Å². The van der Waals surface area contributed by atoms with Gasteiger partial charge in [0.05, 0.1) is 57.9 Å². The molecule has 100 heavy (non-hydrogen) atoms. The lowest BCUT2D eigenvalue weighted by Gasteiger charge is -2.26. The van der Waals surface area contributed by atoms with E-state index in [9.17, 15) is 38.4 Å². The summed E-state index contributed by atoms with van der Waals surface area (Å²) in [6.45, 7) is 77.6. The number of esters is 6. The zero-order chi connectivity index (χ0) is 75.1. The van der Waals surface area contributed by atoms with E-state index in [0.717, 1.165) is 25.7 Å². The molecule has 2 saturated carbocycles. The summed E-state index contributed by atoms with van der Waals surface area (Å²) in [5.74, 6) is -0.436. The van der Waals surface area contributed by atoms with E-state index in [0.29, 0.717) is 13.2 Å². The minimum absolute atomic E-state index is 0. The molecule has 0 aromatic heterocycles. The van der Waals surface area contributed by atoms with Crippen molar-refractivity contribution in [1.82, 2.24) is 10.6 Å². The topological polar surface area (TPSA) is 216 Å². The molecule has 0 saturated heterocycles. The molecule has 2 amide bonds. The third kappa shape index (κ3) is 84.4. The van der Waals surface area contributed by atoms with Gasteiger partial charge in [0.15, 0.2) is 0 Å². The van der Waals surface area contributed by atoms with Crippen LogP contribution in [0.4, 0.5) is 0 Å². The minimum atomic E-state index is -0.384. The summed E-state index contributed by atoms with van der Waals surface area (Å²) in [7, 11) is 0. The van der Waals surface area contributed by atoms with Gasteiger partial charge in [-0.15, -0.1) is 0 Å². The smallest absolute Gasteiger partial charge is 0.311 e. The van der Waals surface area contributed by atoms with E-state index in [-0.39, 0.29) is 197 Å². The monoisotopic (exact) mass is 1440 g/mol. The number of amides is 2.